The first-order valence-corrected chi connectivity index (χ1v) is 6.80. The fourth-order valence-electron chi connectivity index (χ4n) is 2.51. The first-order chi connectivity index (χ1) is 8.96. The molecular formula is C13H21N3O3. The Morgan fingerprint density at radius 3 is 2.42 bits per heavy atom. The van der Waals surface area contributed by atoms with Crippen LogP contribution in [0.5, 0.6) is 0 Å². The minimum Gasteiger partial charge on any atom is -0.349 e. The molecule has 19 heavy (non-hydrogen) atoms. The third kappa shape index (κ3) is 3.12. The van der Waals surface area contributed by atoms with Gasteiger partial charge in [-0.25, -0.2) is 0 Å². The molecule has 0 spiro atoms. The summed E-state index contributed by atoms with van der Waals surface area (Å²) < 4.78 is 0. The molecule has 106 valence electrons. The number of nitrogens with two attached hydrogens (primary N) is 1. The number of amides is 3. The van der Waals surface area contributed by atoms with Crippen molar-refractivity contribution >= 4 is 17.7 Å². The maximum Gasteiger partial charge on any atom is 0.229 e. The third-order valence-electron chi connectivity index (χ3n) is 4.04. The standard InChI is InChI=1S/C13H21N3O3/c1-13(8-14,9-2-3-9)15-10(17)6-7-16-11(18)4-5-12(16)19/h9H,2-8,14H2,1H3,(H,15,17). The number of likely N-dealkylation sites (tertiary alicyclic amines) is 1. The van der Waals surface area contributed by atoms with Crippen LogP contribution in [0, 0.1) is 5.92 Å². The van der Waals surface area contributed by atoms with Gasteiger partial charge in [-0.15, -0.1) is 0 Å². The lowest BCUT2D eigenvalue weighted by atomic mass is 9.96. The average molecular weight is 267 g/mol. The van der Waals surface area contributed by atoms with Gasteiger partial charge in [0.05, 0.1) is 5.54 Å². The first kappa shape index (κ1) is 14.0. The summed E-state index contributed by atoms with van der Waals surface area (Å²) in [6.07, 6.45) is 2.88. The molecule has 2 fully saturated rings. The van der Waals surface area contributed by atoms with E-state index in [9.17, 15) is 14.4 Å². The zero-order chi connectivity index (χ0) is 14.0. The summed E-state index contributed by atoms with van der Waals surface area (Å²) in [5, 5.41) is 2.95. The fourth-order valence-corrected chi connectivity index (χ4v) is 2.51. The van der Waals surface area contributed by atoms with E-state index in [1.807, 2.05) is 6.92 Å². The van der Waals surface area contributed by atoms with Crippen molar-refractivity contribution in [3.63, 3.8) is 0 Å². The number of nitrogens with one attached hydrogen (secondary N) is 1. The summed E-state index contributed by atoms with van der Waals surface area (Å²) in [4.78, 5) is 35.9. The van der Waals surface area contributed by atoms with E-state index in [1.54, 1.807) is 0 Å². The van der Waals surface area contributed by atoms with Crippen molar-refractivity contribution < 1.29 is 14.4 Å². The third-order valence-corrected chi connectivity index (χ3v) is 4.04. The van der Waals surface area contributed by atoms with Crippen LogP contribution in [0.15, 0.2) is 0 Å². The van der Waals surface area contributed by atoms with Crippen molar-refractivity contribution in [2.45, 2.75) is 44.6 Å². The molecule has 1 heterocycles. The zero-order valence-electron chi connectivity index (χ0n) is 11.3. The molecule has 2 rings (SSSR count). The average Bonchev–Trinajstić information content (AvgIpc) is 3.16. The number of carbonyl (C=O) groups excluding carboxylic acids is 3. The van der Waals surface area contributed by atoms with Gasteiger partial charge in [0.1, 0.15) is 0 Å². The molecule has 2 aliphatic rings. The van der Waals surface area contributed by atoms with E-state index in [-0.39, 0.29) is 49.1 Å². The van der Waals surface area contributed by atoms with E-state index in [0.29, 0.717) is 12.5 Å². The molecule has 3 N–H and O–H groups in total. The molecule has 6 nitrogen and oxygen atoms in total. The molecule has 0 radical (unpaired) electrons. The monoisotopic (exact) mass is 267 g/mol. The molecular weight excluding hydrogens is 246 g/mol. The van der Waals surface area contributed by atoms with E-state index >= 15 is 0 Å². The molecule has 0 aromatic rings. The van der Waals surface area contributed by atoms with E-state index in [1.165, 1.54) is 4.90 Å². The van der Waals surface area contributed by atoms with Crippen molar-refractivity contribution in [1.82, 2.24) is 10.2 Å². The van der Waals surface area contributed by atoms with Crippen LogP contribution in [-0.2, 0) is 14.4 Å². The SMILES string of the molecule is CC(CN)(NC(=O)CCN1C(=O)CCC1=O)C1CC1. The van der Waals surface area contributed by atoms with Gasteiger partial charge in [0.15, 0.2) is 0 Å². The smallest absolute Gasteiger partial charge is 0.229 e. The van der Waals surface area contributed by atoms with Crippen LogP contribution in [0.4, 0.5) is 0 Å². The molecule has 0 aromatic carbocycles. The van der Waals surface area contributed by atoms with Crippen LogP contribution in [0.3, 0.4) is 0 Å². The number of rotatable bonds is 6. The van der Waals surface area contributed by atoms with Crippen LogP contribution in [0.1, 0.15) is 39.0 Å². The number of nitrogens with zero attached hydrogens (tertiary/aromatic N) is 1. The highest BCUT2D eigenvalue weighted by Gasteiger charge is 2.41. The number of carbonyl (C=O) groups is 3. The maximum absolute atomic E-state index is 11.9. The van der Waals surface area contributed by atoms with Gasteiger partial charge in [-0.1, -0.05) is 0 Å². The second-order valence-electron chi connectivity index (χ2n) is 5.63. The van der Waals surface area contributed by atoms with Gasteiger partial charge in [0.2, 0.25) is 17.7 Å². The molecule has 1 aliphatic carbocycles. The largest absolute Gasteiger partial charge is 0.349 e. The lowest BCUT2D eigenvalue weighted by Gasteiger charge is -2.29. The molecule has 1 aliphatic heterocycles. The predicted octanol–water partition coefficient (Wildman–Crippen LogP) is -0.231. The summed E-state index contributed by atoms with van der Waals surface area (Å²) in [5.74, 6) is -0.0491. The Bertz CT molecular complexity index is 390. The molecule has 1 atom stereocenters. The molecule has 3 amide bonds. The van der Waals surface area contributed by atoms with Crippen LogP contribution in [-0.4, -0.2) is 41.2 Å². The molecule has 1 saturated heterocycles. The normalized spacial score (nSPS) is 22.5. The number of hydrogen-bond acceptors (Lipinski definition) is 4. The Morgan fingerprint density at radius 2 is 1.95 bits per heavy atom. The highest BCUT2D eigenvalue weighted by molar-refractivity contribution is 6.02. The number of hydrogen-bond donors (Lipinski definition) is 2. The van der Waals surface area contributed by atoms with Gasteiger partial charge in [-0.3, -0.25) is 19.3 Å². The van der Waals surface area contributed by atoms with Crippen molar-refractivity contribution in [3.8, 4) is 0 Å². The Hall–Kier alpha value is -1.43. The van der Waals surface area contributed by atoms with Crippen molar-refractivity contribution in [2.75, 3.05) is 13.1 Å². The van der Waals surface area contributed by atoms with Gasteiger partial charge < -0.3 is 11.1 Å². The Morgan fingerprint density at radius 1 is 1.37 bits per heavy atom. The first-order valence-electron chi connectivity index (χ1n) is 6.80. The fraction of sp³-hybridized carbons (Fsp3) is 0.769. The summed E-state index contributed by atoms with van der Waals surface area (Å²) in [5.41, 5.74) is 5.37. The van der Waals surface area contributed by atoms with Crippen LogP contribution in [0.2, 0.25) is 0 Å². The van der Waals surface area contributed by atoms with E-state index in [4.69, 9.17) is 5.73 Å². The topological polar surface area (TPSA) is 92.5 Å². The van der Waals surface area contributed by atoms with Gasteiger partial charge in [-0.05, 0) is 25.7 Å². The van der Waals surface area contributed by atoms with Crippen LogP contribution >= 0.6 is 0 Å². The van der Waals surface area contributed by atoms with Crippen LogP contribution in [0.25, 0.3) is 0 Å². The molecule has 1 unspecified atom stereocenters. The van der Waals surface area contributed by atoms with Crippen LogP contribution < -0.4 is 11.1 Å². The summed E-state index contributed by atoms with van der Waals surface area (Å²) >= 11 is 0. The summed E-state index contributed by atoms with van der Waals surface area (Å²) in [6.45, 7) is 2.54. The quantitative estimate of drug-likeness (QED) is 0.650. The Kier molecular flexibility index (Phi) is 3.89. The van der Waals surface area contributed by atoms with E-state index < -0.39 is 0 Å². The maximum atomic E-state index is 11.9. The van der Waals surface area contributed by atoms with Gasteiger partial charge >= 0.3 is 0 Å². The van der Waals surface area contributed by atoms with Crippen molar-refractivity contribution in [1.29, 1.82) is 0 Å². The Balaban J connectivity index is 1.81. The molecule has 0 aromatic heterocycles. The Labute approximate surface area is 112 Å². The minimum atomic E-state index is -0.351. The second-order valence-corrected chi connectivity index (χ2v) is 5.63. The lowest BCUT2D eigenvalue weighted by Crippen LogP contribution is -2.53. The van der Waals surface area contributed by atoms with Gasteiger partial charge in [0, 0.05) is 32.4 Å². The molecule has 6 heteroatoms. The van der Waals surface area contributed by atoms with E-state index in [0.717, 1.165) is 12.8 Å². The minimum absolute atomic E-state index is 0.146. The summed E-state index contributed by atoms with van der Waals surface area (Å²) in [6, 6.07) is 0. The van der Waals surface area contributed by atoms with E-state index in [2.05, 4.69) is 5.32 Å². The highest BCUT2D eigenvalue weighted by atomic mass is 16.2. The summed E-state index contributed by atoms with van der Waals surface area (Å²) in [7, 11) is 0. The van der Waals surface area contributed by atoms with Crippen molar-refractivity contribution in [2.24, 2.45) is 11.7 Å². The van der Waals surface area contributed by atoms with Crippen molar-refractivity contribution in [3.05, 3.63) is 0 Å². The zero-order valence-corrected chi connectivity index (χ0v) is 11.3. The molecule has 1 saturated carbocycles. The van der Waals surface area contributed by atoms with Gasteiger partial charge in [-0.2, -0.15) is 0 Å². The second kappa shape index (κ2) is 5.28. The lowest BCUT2D eigenvalue weighted by molar-refractivity contribution is -0.138. The highest BCUT2D eigenvalue weighted by Crippen LogP contribution is 2.38. The predicted molar refractivity (Wildman–Crippen MR) is 68.9 cm³/mol. The number of imide groups is 1. The van der Waals surface area contributed by atoms with Gasteiger partial charge in [0.25, 0.3) is 0 Å². The molecule has 0 bridgehead atoms.